The summed E-state index contributed by atoms with van der Waals surface area (Å²) >= 11 is 0. The number of benzene rings is 1. The summed E-state index contributed by atoms with van der Waals surface area (Å²) in [5.74, 6) is 0.733. The van der Waals surface area contributed by atoms with Crippen molar-refractivity contribution in [1.29, 1.82) is 0 Å². The molecule has 0 fully saturated rings. The van der Waals surface area contributed by atoms with Gasteiger partial charge in [0.05, 0.1) is 4.53 Å². The first-order valence-corrected chi connectivity index (χ1v) is 12.9. The predicted molar refractivity (Wildman–Crippen MR) is 111 cm³/mol. The second-order valence-corrected chi connectivity index (χ2v) is 15.7. The third-order valence-corrected chi connectivity index (χ3v) is 14.4. The fraction of sp³-hybridized carbons (Fsp3) is 0.600. The summed E-state index contributed by atoms with van der Waals surface area (Å²) in [5, 5.41) is -0.183. The molecule has 0 aliphatic heterocycles. The van der Waals surface area contributed by atoms with Crippen LogP contribution in [0.5, 0.6) is 0 Å². The number of hydrogen-bond acceptors (Lipinski definition) is 2. The van der Waals surface area contributed by atoms with Crippen molar-refractivity contribution in [3.8, 4) is 0 Å². The SMILES string of the molecule is CC(C)C[Si](CC(C)C)(C(=Cc1ccccc1)S(=O)(=O)O)C(C)(C)C. The van der Waals surface area contributed by atoms with E-state index in [0.29, 0.717) is 11.8 Å². The van der Waals surface area contributed by atoms with E-state index < -0.39 is 18.2 Å². The molecule has 1 rings (SSSR count). The summed E-state index contributed by atoms with van der Waals surface area (Å²) in [6.07, 6.45) is 1.72. The van der Waals surface area contributed by atoms with E-state index >= 15 is 0 Å². The van der Waals surface area contributed by atoms with Gasteiger partial charge in [0, 0.05) is 0 Å². The van der Waals surface area contributed by atoms with Crippen LogP contribution < -0.4 is 0 Å². The Balaban J connectivity index is 3.78. The first-order valence-electron chi connectivity index (χ1n) is 9.04. The zero-order chi connectivity index (χ0) is 19.5. The molecule has 0 aliphatic rings. The van der Waals surface area contributed by atoms with Gasteiger partial charge in [-0.2, -0.15) is 8.42 Å². The van der Waals surface area contributed by atoms with E-state index in [2.05, 4.69) is 48.5 Å². The second kappa shape index (κ2) is 8.19. The molecule has 0 unspecified atom stereocenters. The van der Waals surface area contributed by atoms with Crippen LogP contribution in [0.3, 0.4) is 0 Å². The van der Waals surface area contributed by atoms with E-state index in [-0.39, 0.29) is 9.57 Å². The average molecular weight is 383 g/mol. The molecule has 0 spiro atoms. The first-order chi connectivity index (χ1) is 11.3. The van der Waals surface area contributed by atoms with Gasteiger partial charge in [0.2, 0.25) is 0 Å². The van der Waals surface area contributed by atoms with Crippen LogP contribution in [0, 0.1) is 11.8 Å². The highest BCUT2D eigenvalue weighted by molar-refractivity contribution is 7.92. The molecule has 1 aromatic carbocycles. The number of hydrogen-bond donors (Lipinski definition) is 1. The fourth-order valence-corrected chi connectivity index (χ4v) is 13.3. The van der Waals surface area contributed by atoms with Crippen molar-refractivity contribution in [3.05, 3.63) is 40.4 Å². The van der Waals surface area contributed by atoms with E-state index in [0.717, 1.165) is 17.7 Å². The van der Waals surface area contributed by atoms with Gasteiger partial charge in [-0.05, 0) is 40.6 Å². The Kier molecular flexibility index (Phi) is 7.25. The zero-order valence-corrected chi connectivity index (χ0v) is 18.5. The van der Waals surface area contributed by atoms with E-state index in [4.69, 9.17) is 0 Å². The van der Waals surface area contributed by atoms with E-state index in [9.17, 15) is 13.0 Å². The maximum atomic E-state index is 12.5. The standard InChI is InChI=1S/C20H34O3SSi/c1-16(2)14-25(15-17(3)4,20(5,6)7)19(24(21,22)23)13-18-11-9-8-10-12-18/h8-13,16-17H,14-15H2,1-7H3,(H,21,22,23). The molecule has 1 aromatic rings. The lowest BCUT2D eigenvalue weighted by molar-refractivity contribution is 0.491. The van der Waals surface area contributed by atoms with Gasteiger partial charge in [0.1, 0.15) is 8.07 Å². The van der Waals surface area contributed by atoms with Crippen LogP contribution >= 0.6 is 0 Å². The largest absolute Gasteiger partial charge is 0.286 e. The minimum absolute atomic E-state index is 0.183. The van der Waals surface area contributed by atoms with Gasteiger partial charge >= 0.3 is 0 Å². The zero-order valence-electron chi connectivity index (χ0n) is 16.7. The van der Waals surface area contributed by atoms with Gasteiger partial charge in [-0.3, -0.25) is 4.55 Å². The van der Waals surface area contributed by atoms with Crippen molar-refractivity contribution in [1.82, 2.24) is 0 Å². The Morgan fingerprint density at radius 1 is 1.04 bits per heavy atom. The van der Waals surface area contributed by atoms with Crippen molar-refractivity contribution in [2.75, 3.05) is 0 Å². The minimum atomic E-state index is -4.27. The Bertz CT molecular complexity index is 673. The van der Waals surface area contributed by atoms with Gasteiger partial charge in [-0.15, -0.1) is 0 Å². The average Bonchev–Trinajstić information content (AvgIpc) is 2.41. The van der Waals surface area contributed by atoms with Crippen LogP contribution in [0.25, 0.3) is 6.08 Å². The summed E-state index contributed by atoms with van der Waals surface area (Å²) in [7, 11) is -6.82. The molecule has 0 amide bonds. The highest BCUT2D eigenvalue weighted by Gasteiger charge is 2.51. The summed E-state index contributed by atoms with van der Waals surface area (Å²) in [4.78, 5) is 0. The fourth-order valence-electron chi connectivity index (χ4n) is 3.82. The molecular weight excluding hydrogens is 348 g/mol. The summed E-state index contributed by atoms with van der Waals surface area (Å²) in [5.41, 5.74) is 0.823. The molecule has 0 radical (unpaired) electrons. The Morgan fingerprint density at radius 3 is 1.80 bits per heavy atom. The highest BCUT2D eigenvalue weighted by atomic mass is 32.2. The monoisotopic (exact) mass is 382 g/mol. The van der Waals surface area contributed by atoms with Crippen LogP contribution in [0.15, 0.2) is 34.9 Å². The summed E-state index contributed by atoms with van der Waals surface area (Å²) in [6, 6.07) is 11.1. The molecule has 0 aromatic heterocycles. The summed E-state index contributed by atoms with van der Waals surface area (Å²) < 4.78 is 35.5. The van der Waals surface area contributed by atoms with Gasteiger partial charge < -0.3 is 0 Å². The third kappa shape index (κ3) is 5.80. The van der Waals surface area contributed by atoms with Crippen molar-refractivity contribution in [2.24, 2.45) is 11.8 Å². The van der Waals surface area contributed by atoms with Gasteiger partial charge in [0.15, 0.2) is 0 Å². The lowest BCUT2D eigenvalue weighted by Crippen LogP contribution is -2.50. The van der Waals surface area contributed by atoms with Crippen LogP contribution in [-0.4, -0.2) is 21.0 Å². The van der Waals surface area contributed by atoms with E-state index in [1.165, 1.54) is 0 Å². The Hall–Kier alpha value is -0.913. The molecule has 0 saturated carbocycles. The normalized spacial score (nSPS) is 14.4. The minimum Gasteiger partial charge on any atom is -0.282 e. The second-order valence-electron chi connectivity index (χ2n) is 8.92. The molecule has 25 heavy (non-hydrogen) atoms. The number of rotatable bonds is 7. The quantitative estimate of drug-likeness (QED) is 0.463. The lowest BCUT2D eigenvalue weighted by atomic mass is 10.2. The van der Waals surface area contributed by atoms with E-state index in [1.807, 2.05) is 30.3 Å². The highest BCUT2D eigenvalue weighted by Crippen LogP contribution is 2.50. The lowest BCUT2D eigenvalue weighted by Gasteiger charge is -2.46. The molecule has 0 aliphatic carbocycles. The molecule has 142 valence electrons. The van der Waals surface area contributed by atoms with E-state index in [1.54, 1.807) is 6.08 Å². The molecule has 0 saturated heterocycles. The maximum Gasteiger partial charge on any atom is 0.286 e. The Morgan fingerprint density at radius 2 is 1.48 bits per heavy atom. The third-order valence-electron chi connectivity index (χ3n) is 4.80. The van der Waals surface area contributed by atoms with Gasteiger partial charge in [-0.1, -0.05) is 78.8 Å². The van der Waals surface area contributed by atoms with Gasteiger partial charge in [0.25, 0.3) is 10.1 Å². The van der Waals surface area contributed by atoms with Crippen molar-refractivity contribution in [3.63, 3.8) is 0 Å². The van der Waals surface area contributed by atoms with Crippen LogP contribution in [0.1, 0.15) is 54.0 Å². The van der Waals surface area contributed by atoms with Crippen molar-refractivity contribution < 1.29 is 13.0 Å². The molecule has 0 atom stereocenters. The molecule has 3 nitrogen and oxygen atoms in total. The van der Waals surface area contributed by atoms with Gasteiger partial charge in [-0.25, -0.2) is 0 Å². The van der Waals surface area contributed by atoms with Crippen molar-refractivity contribution >= 4 is 24.3 Å². The molecular formula is C20H34O3SSi. The van der Waals surface area contributed by atoms with Crippen LogP contribution in [0.2, 0.25) is 17.1 Å². The smallest absolute Gasteiger partial charge is 0.282 e. The molecule has 5 heteroatoms. The maximum absolute atomic E-state index is 12.5. The topological polar surface area (TPSA) is 54.4 Å². The molecule has 0 heterocycles. The summed E-state index contributed by atoms with van der Waals surface area (Å²) in [6.45, 7) is 14.9. The predicted octanol–water partition coefficient (Wildman–Crippen LogP) is 6.02. The van der Waals surface area contributed by atoms with Crippen LogP contribution in [0.4, 0.5) is 0 Å². The first kappa shape index (κ1) is 22.1. The van der Waals surface area contributed by atoms with Crippen LogP contribution in [-0.2, 0) is 10.1 Å². The molecule has 0 bridgehead atoms. The van der Waals surface area contributed by atoms with Crippen molar-refractivity contribution in [2.45, 2.75) is 65.6 Å². The Labute approximate surface area is 155 Å². The molecule has 1 N–H and O–H groups in total.